The molecule has 1 N–H and O–H groups in total. The lowest BCUT2D eigenvalue weighted by Crippen LogP contribution is -2.00. The smallest absolute Gasteiger partial charge is 0.205 e. The highest BCUT2D eigenvalue weighted by Crippen LogP contribution is 2.17. The van der Waals surface area contributed by atoms with E-state index in [4.69, 9.17) is 0 Å². The number of hydrogen-bond acceptors (Lipinski definition) is 5. The fourth-order valence-corrected chi connectivity index (χ4v) is 2.17. The maximum atomic E-state index is 4.41. The Morgan fingerprint density at radius 2 is 2.12 bits per heavy atom. The van der Waals surface area contributed by atoms with Crippen molar-refractivity contribution in [3.8, 4) is 0 Å². The SMILES string of the molecule is c1cnc2c(CNc3nncs3)cccc2c1. The summed E-state index contributed by atoms with van der Waals surface area (Å²) in [4.78, 5) is 4.41. The van der Waals surface area contributed by atoms with Crippen LogP contribution in [0.15, 0.2) is 42.0 Å². The highest BCUT2D eigenvalue weighted by molar-refractivity contribution is 7.13. The van der Waals surface area contributed by atoms with Gasteiger partial charge in [-0.2, -0.15) is 0 Å². The van der Waals surface area contributed by atoms with Crippen LogP contribution in [0.1, 0.15) is 5.56 Å². The Hall–Kier alpha value is -2.01. The largest absolute Gasteiger partial charge is 0.356 e. The molecule has 0 bridgehead atoms. The third-order valence-electron chi connectivity index (χ3n) is 2.51. The van der Waals surface area contributed by atoms with Gasteiger partial charge in [0.25, 0.3) is 0 Å². The van der Waals surface area contributed by atoms with E-state index in [2.05, 4.69) is 38.7 Å². The minimum atomic E-state index is 0.712. The standard InChI is InChI=1S/C12H10N4S/c1-3-9-5-2-6-13-11(9)10(4-1)7-14-12-16-15-8-17-12/h1-6,8H,7H2,(H,14,16). The van der Waals surface area contributed by atoms with Crippen molar-refractivity contribution in [1.29, 1.82) is 0 Å². The highest BCUT2D eigenvalue weighted by atomic mass is 32.1. The van der Waals surface area contributed by atoms with E-state index in [1.165, 1.54) is 16.9 Å². The molecule has 0 aliphatic carbocycles. The van der Waals surface area contributed by atoms with E-state index >= 15 is 0 Å². The normalized spacial score (nSPS) is 10.6. The topological polar surface area (TPSA) is 50.7 Å². The lowest BCUT2D eigenvalue weighted by molar-refractivity contribution is 1.05. The molecular weight excluding hydrogens is 232 g/mol. The molecule has 0 aliphatic heterocycles. The quantitative estimate of drug-likeness (QED) is 0.767. The van der Waals surface area contributed by atoms with E-state index in [0.717, 1.165) is 16.0 Å². The van der Waals surface area contributed by atoms with E-state index in [-0.39, 0.29) is 0 Å². The molecule has 0 atom stereocenters. The number of anilines is 1. The highest BCUT2D eigenvalue weighted by Gasteiger charge is 2.02. The van der Waals surface area contributed by atoms with Crippen molar-refractivity contribution < 1.29 is 0 Å². The predicted molar refractivity (Wildman–Crippen MR) is 69.0 cm³/mol. The van der Waals surface area contributed by atoms with Crippen LogP contribution in [0, 0.1) is 0 Å². The van der Waals surface area contributed by atoms with E-state index in [1.54, 1.807) is 5.51 Å². The van der Waals surface area contributed by atoms with Gasteiger partial charge in [-0.25, -0.2) is 0 Å². The van der Waals surface area contributed by atoms with Crippen LogP contribution >= 0.6 is 11.3 Å². The summed E-state index contributed by atoms with van der Waals surface area (Å²) in [6, 6.07) is 10.2. The van der Waals surface area contributed by atoms with Crippen LogP contribution < -0.4 is 5.32 Å². The molecule has 3 rings (SSSR count). The summed E-state index contributed by atoms with van der Waals surface area (Å²) in [7, 11) is 0. The van der Waals surface area contributed by atoms with Gasteiger partial charge in [-0.05, 0) is 11.6 Å². The number of aromatic nitrogens is 3. The molecule has 0 unspecified atom stereocenters. The van der Waals surface area contributed by atoms with Gasteiger partial charge in [0, 0.05) is 18.1 Å². The number of para-hydroxylation sites is 1. The van der Waals surface area contributed by atoms with Gasteiger partial charge < -0.3 is 5.32 Å². The molecule has 0 spiro atoms. The van der Waals surface area contributed by atoms with Crippen LogP contribution in [0.2, 0.25) is 0 Å². The van der Waals surface area contributed by atoms with Gasteiger partial charge in [-0.3, -0.25) is 4.98 Å². The number of benzene rings is 1. The Bertz CT molecular complexity index is 616. The number of pyridine rings is 1. The molecular formula is C12H10N4S. The van der Waals surface area contributed by atoms with Crippen molar-refractivity contribution in [2.45, 2.75) is 6.54 Å². The summed E-state index contributed by atoms with van der Waals surface area (Å²) >= 11 is 1.49. The zero-order valence-electron chi connectivity index (χ0n) is 9.00. The first-order valence-corrected chi connectivity index (χ1v) is 6.14. The summed E-state index contributed by atoms with van der Waals surface area (Å²) in [6.45, 7) is 0.712. The minimum absolute atomic E-state index is 0.712. The average molecular weight is 242 g/mol. The van der Waals surface area contributed by atoms with Crippen molar-refractivity contribution >= 4 is 27.4 Å². The molecule has 2 aromatic heterocycles. The number of hydrogen-bond donors (Lipinski definition) is 1. The predicted octanol–water partition coefficient (Wildman–Crippen LogP) is 2.70. The molecule has 84 valence electrons. The molecule has 5 heteroatoms. The maximum Gasteiger partial charge on any atom is 0.205 e. The summed E-state index contributed by atoms with van der Waals surface area (Å²) in [5.74, 6) is 0. The van der Waals surface area contributed by atoms with Gasteiger partial charge in [0.15, 0.2) is 0 Å². The number of fused-ring (bicyclic) bond motifs is 1. The molecule has 0 saturated carbocycles. The molecule has 0 amide bonds. The van der Waals surface area contributed by atoms with Crippen LogP contribution in [0.3, 0.4) is 0 Å². The molecule has 17 heavy (non-hydrogen) atoms. The molecule has 2 heterocycles. The molecule has 3 aromatic rings. The average Bonchev–Trinajstić information content (AvgIpc) is 2.89. The molecule has 0 radical (unpaired) electrons. The fourth-order valence-electron chi connectivity index (χ4n) is 1.73. The van der Waals surface area contributed by atoms with Gasteiger partial charge in [0.1, 0.15) is 5.51 Å². The Labute approximate surface area is 102 Å². The van der Waals surface area contributed by atoms with E-state index < -0.39 is 0 Å². The van der Waals surface area contributed by atoms with Gasteiger partial charge in [-0.1, -0.05) is 35.6 Å². The Kier molecular flexibility index (Phi) is 2.67. The fraction of sp³-hybridized carbons (Fsp3) is 0.0833. The van der Waals surface area contributed by atoms with Gasteiger partial charge in [-0.15, -0.1) is 10.2 Å². The van der Waals surface area contributed by atoms with Crippen LogP contribution in [0.25, 0.3) is 10.9 Å². The number of nitrogens with one attached hydrogen (secondary N) is 1. The number of rotatable bonds is 3. The maximum absolute atomic E-state index is 4.41. The summed E-state index contributed by atoms with van der Waals surface area (Å²) in [6.07, 6.45) is 1.82. The van der Waals surface area contributed by atoms with Gasteiger partial charge in [0.05, 0.1) is 5.52 Å². The lowest BCUT2D eigenvalue weighted by atomic mass is 10.1. The third-order valence-corrected chi connectivity index (χ3v) is 3.16. The third kappa shape index (κ3) is 2.09. The van der Waals surface area contributed by atoms with Crippen molar-refractivity contribution in [2.24, 2.45) is 0 Å². The second-order valence-corrected chi connectivity index (χ2v) is 4.42. The van der Waals surface area contributed by atoms with E-state index in [0.29, 0.717) is 6.54 Å². The molecule has 4 nitrogen and oxygen atoms in total. The zero-order valence-corrected chi connectivity index (χ0v) is 9.81. The van der Waals surface area contributed by atoms with Crippen LogP contribution in [0.4, 0.5) is 5.13 Å². The minimum Gasteiger partial charge on any atom is -0.356 e. The summed E-state index contributed by atoms with van der Waals surface area (Å²) in [5, 5.41) is 13.0. The first-order chi connectivity index (χ1) is 8.43. The lowest BCUT2D eigenvalue weighted by Gasteiger charge is -2.05. The summed E-state index contributed by atoms with van der Waals surface area (Å²) in [5.41, 5.74) is 3.91. The molecule has 0 saturated heterocycles. The van der Waals surface area contributed by atoms with Gasteiger partial charge >= 0.3 is 0 Å². The first-order valence-electron chi connectivity index (χ1n) is 5.26. The van der Waals surface area contributed by atoms with Crippen LogP contribution in [-0.2, 0) is 6.54 Å². The summed E-state index contributed by atoms with van der Waals surface area (Å²) < 4.78 is 0. The molecule has 1 aromatic carbocycles. The van der Waals surface area contributed by atoms with Crippen LogP contribution in [-0.4, -0.2) is 15.2 Å². The second kappa shape index (κ2) is 4.47. The van der Waals surface area contributed by atoms with Crippen LogP contribution in [0.5, 0.6) is 0 Å². The second-order valence-electron chi connectivity index (χ2n) is 3.59. The van der Waals surface area contributed by atoms with Crippen molar-refractivity contribution in [2.75, 3.05) is 5.32 Å². The Morgan fingerprint density at radius 3 is 3.00 bits per heavy atom. The van der Waals surface area contributed by atoms with E-state index in [1.807, 2.05) is 18.3 Å². The van der Waals surface area contributed by atoms with Crippen molar-refractivity contribution in [3.63, 3.8) is 0 Å². The Morgan fingerprint density at radius 1 is 1.18 bits per heavy atom. The first kappa shape index (κ1) is 10.2. The molecule has 0 fully saturated rings. The number of nitrogens with zero attached hydrogens (tertiary/aromatic N) is 3. The van der Waals surface area contributed by atoms with Crippen molar-refractivity contribution in [1.82, 2.24) is 15.2 Å². The van der Waals surface area contributed by atoms with Gasteiger partial charge in [0.2, 0.25) is 5.13 Å². The molecule has 0 aliphatic rings. The van der Waals surface area contributed by atoms with E-state index in [9.17, 15) is 0 Å². The Balaban J connectivity index is 1.90. The monoisotopic (exact) mass is 242 g/mol. The van der Waals surface area contributed by atoms with Crippen molar-refractivity contribution in [3.05, 3.63) is 47.6 Å². The zero-order chi connectivity index (χ0) is 11.5.